The molecule has 8 heteroatoms. The zero-order valence-corrected chi connectivity index (χ0v) is 21.2. The zero-order valence-electron chi connectivity index (χ0n) is 18.9. The lowest BCUT2D eigenvalue weighted by Crippen LogP contribution is -2.34. The van der Waals surface area contributed by atoms with Gasteiger partial charge in [-0.1, -0.05) is 49.2 Å². The first-order chi connectivity index (χ1) is 16.2. The number of thiocarbonyl (C=S) groups is 1. The average Bonchev–Trinajstić information content (AvgIpc) is 3.23. The number of hydrogen-bond donors (Lipinski definition) is 2. The Kier molecular flexibility index (Phi) is 7.22. The van der Waals surface area contributed by atoms with Crippen LogP contribution < -0.4 is 10.6 Å². The van der Waals surface area contributed by atoms with E-state index in [1.165, 1.54) is 5.56 Å². The molecule has 4 aromatic rings. The molecule has 4 rings (SSSR count). The van der Waals surface area contributed by atoms with E-state index in [4.69, 9.17) is 39.8 Å². The highest BCUT2D eigenvalue weighted by Gasteiger charge is 2.15. The summed E-state index contributed by atoms with van der Waals surface area (Å²) >= 11 is 17.9. The number of halogens is 2. The molecule has 0 bridgehead atoms. The van der Waals surface area contributed by atoms with Crippen LogP contribution in [0, 0.1) is 6.92 Å². The van der Waals surface area contributed by atoms with E-state index in [0.717, 1.165) is 23.1 Å². The van der Waals surface area contributed by atoms with Gasteiger partial charge >= 0.3 is 0 Å². The Morgan fingerprint density at radius 1 is 1.09 bits per heavy atom. The molecule has 0 aliphatic rings. The molecule has 0 saturated carbocycles. The van der Waals surface area contributed by atoms with Crippen molar-refractivity contribution in [1.82, 2.24) is 10.3 Å². The van der Waals surface area contributed by atoms with Crippen LogP contribution >= 0.6 is 35.4 Å². The topological polar surface area (TPSA) is 67.2 Å². The summed E-state index contributed by atoms with van der Waals surface area (Å²) in [5.41, 5.74) is 5.27. The molecule has 0 radical (unpaired) electrons. The third-order valence-corrected chi connectivity index (χ3v) is 6.50. The molecule has 0 aliphatic carbocycles. The summed E-state index contributed by atoms with van der Waals surface area (Å²) in [6.07, 6.45) is 1.05. The second-order valence-electron chi connectivity index (χ2n) is 8.14. The number of nitrogens with one attached hydrogen (secondary N) is 2. The highest BCUT2D eigenvalue weighted by atomic mass is 35.5. The molecule has 2 N–H and O–H groups in total. The molecule has 34 heavy (non-hydrogen) atoms. The van der Waals surface area contributed by atoms with E-state index < -0.39 is 5.91 Å². The number of oxazole rings is 1. The molecule has 1 unspecified atom stereocenters. The molecule has 1 atom stereocenters. The molecule has 0 fully saturated rings. The van der Waals surface area contributed by atoms with E-state index in [-0.39, 0.29) is 5.11 Å². The minimum absolute atomic E-state index is 0.0939. The molecule has 1 heterocycles. The highest BCUT2D eigenvalue weighted by Crippen LogP contribution is 2.32. The Bertz CT molecular complexity index is 1400. The van der Waals surface area contributed by atoms with Crippen LogP contribution in [0.4, 0.5) is 5.69 Å². The third kappa shape index (κ3) is 5.25. The molecule has 5 nitrogen and oxygen atoms in total. The number of rotatable bonds is 5. The van der Waals surface area contributed by atoms with Gasteiger partial charge in [0.1, 0.15) is 5.52 Å². The van der Waals surface area contributed by atoms with Crippen molar-refractivity contribution in [3.8, 4) is 11.5 Å². The normalized spacial score (nSPS) is 11.9. The van der Waals surface area contributed by atoms with Gasteiger partial charge < -0.3 is 9.73 Å². The van der Waals surface area contributed by atoms with Gasteiger partial charge in [-0.3, -0.25) is 10.1 Å². The Hall–Kier alpha value is -2.93. The molecular weight excluding hydrogens is 489 g/mol. The lowest BCUT2D eigenvalue weighted by atomic mass is 9.98. The summed E-state index contributed by atoms with van der Waals surface area (Å²) in [5, 5.41) is 6.49. The quantitative estimate of drug-likeness (QED) is 0.268. The third-order valence-electron chi connectivity index (χ3n) is 5.65. The van der Waals surface area contributed by atoms with Crippen molar-refractivity contribution in [3.05, 3.63) is 81.3 Å². The fraction of sp³-hybridized carbons (Fsp3) is 0.192. The predicted molar refractivity (Wildman–Crippen MR) is 143 cm³/mol. The number of benzene rings is 3. The molecule has 1 aromatic heterocycles. The van der Waals surface area contributed by atoms with E-state index in [9.17, 15) is 4.79 Å². The van der Waals surface area contributed by atoms with Crippen molar-refractivity contribution in [1.29, 1.82) is 0 Å². The van der Waals surface area contributed by atoms with Crippen LogP contribution in [0.5, 0.6) is 0 Å². The molecule has 0 aliphatic heterocycles. The first-order valence-corrected chi connectivity index (χ1v) is 12.0. The van der Waals surface area contributed by atoms with Crippen molar-refractivity contribution >= 4 is 63.2 Å². The SMILES string of the molecule is CCC(C)c1ccc2oc(-c3ccc(Cl)c(NC(=S)NC(=O)c4ccc(C)cc4Cl)c3)nc2c1. The summed E-state index contributed by atoms with van der Waals surface area (Å²) < 4.78 is 5.97. The van der Waals surface area contributed by atoms with E-state index in [0.29, 0.717) is 38.7 Å². The number of aryl methyl sites for hydroxylation is 1. The Balaban J connectivity index is 1.54. The van der Waals surface area contributed by atoms with Crippen LogP contribution in [-0.2, 0) is 0 Å². The fourth-order valence-corrected chi connectivity index (χ4v) is 4.18. The van der Waals surface area contributed by atoms with Crippen molar-refractivity contribution in [2.45, 2.75) is 33.1 Å². The lowest BCUT2D eigenvalue weighted by molar-refractivity contribution is 0.0978. The Morgan fingerprint density at radius 3 is 2.62 bits per heavy atom. The van der Waals surface area contributed by atoms with Crippen molar-refractivity contribution < 1.29 is 9.21 Å². The van der Waals surface area contributed by atoms with Gasteiger partial charge in [0.05, 0.1) is 21.3 Å². The van der Waals surface area contributed by atoms with Gasteiger partial charge in [-0.15, -0.1) is 0 Å². The maximum absolute atomic E-state index is 12.6. The summed E-state index contributed by atoms with van der Waals surface area (Å²) in [7, 11) is 0. The van der Waals surface area contributed by atoms with Crippen LogP contribution in [0.25, 0.3) is 22.6 Å². The molecule has 3 aromatic carbocycles. The van der Waals surface area contributed by atoms with E-state index >= 15 is 0 Å². The molecule has 174 valence electrons. The number of anilines is 1. The Morgan fingerprint density at radius 2 is 1.88 bits per heavy atom. The number of carbonyl (C=O) groups is 1. The molecule has 1 amide bonds. The maximum Gasteiger partial charge on any atom is 0.258 e. The van der Waals surface area contributed by atoms with Gasteiger partial charge in [0.15, 0.2) is 10.7 Å². The number of carbonyl (C=O) groups excluding carboxylic acids is 1. The number of aromatic nitrogens is 1. The van der Waals surface area contributed by atoms with Crippen LogP contribution in [0.3, 0.4) is 0 Å². The molecule has 0 spiro atoms. The standard InChI is InChI=1S/C26H23Cl2N3O2S/c1-4-15(3)16-7-10-23-22(12-16)29-25(33-23)17-6-9-19(27)21(13-17)30-26(34)31-24(32)18-8-5-14(2)11-20(18)28/h5-13,15H,4H2,1-3H3,(H2,30,31,32,34). The predicted octanol–water partition coefficient (Wildman–Crippen LogP) is 7.75. The van der Waals surface area contributed by atoms with Gasteiger partial charge in [0.2, 0.25) is 5.89 Å². The summed E-state index contributed by atoms with van der Waals surface area (Å²) in [6.45, 7) is 6.25. The smallest absolute Gasteiger partial charge is 0.258 e. The highest BCUT2D eigenvalue weighted by molar-refractivity contribution is 7.80. The Labute approximate surface area is 213 Å². The summed E-state index contributed by atoms with van der Waals surface area (Å²) in [4.78, 5) is 17.2. The van der Waals surface area contributed by atoms with E-state index in [1.54, 1.807) is 24.3 Å². The number of nitrogens with zero attached hydrogens (tertiary/aromatic N) is 1. The monoisotopic (exact) mass is 511 g/mol. The largest absolute Gasteiger partial charge is 0.436 e. The van der Waals surface area contributed by atoms with Crippen molar-refractivity contribution in [3.63, 3.8) is 0 Å². The van der Waals surface area contributed by atoms with Crippen molar-refractivity contribution in [2.24, 2.45) is 0 Å². The summed E-state index contributed by atoms with van der Waals surface area (Å²) in [5.74, 6) is 0.505. The van der Waals surface area contributed by atoms with Gasteiger partial charge in [-0.25, -0.2) is 4.98 Å². The number of fused-ring (bicyclic) bond motifs is 1. The molecular formula is C26H23Cl2N3O2S. The lowest BCUT2D eigenvalue weighted by Gasteiger charge is -2.12. The first-order valence-electron chi connectivity index (χ1n) is 10.8. The van der Waals surface area contributed by atoms with Gasteiger partial charge in [-0.05, 0) is 85.1 Å². The van der Waals surface area contributed by atoms with Crippen LogP contribution in [0.1, 0.15) is 47.7 Å². The van der Waals surface area contributed by atoms with E-state index in [1.807, 2.05) is 25.1 Å². The number of amides is 1. The van der Waals surface area contributed by atoms with Crippen LogP contribution in [0.2, 0.25) is 10.0 Å². The van der Waals surface area contributed by atoms with E-state index in [2.05, 4.69) is 41.6 Å². The van der Waals surface area contributed by atoms with Crippen LogP contribution in [-0.4, -0.2) is 16.0 Å². The minimum atomic E-state index is -0.411. The minimum Gasteiger partial charge on any atom is -0.436 e. The molecule has 0 saturated heterocycles. The van der Waals surface area contributed by atoms with Gasteiger partial charge in [0, 0.05) is 5.56 Å². The average molecular weight is 512 g/mol. The second kappa shape index (κ2) is 10.1. The summed E-state index contributed by atoms with van der Waals surface area (Å²) in [6, 6.07) is 16.6. The maximum atomic E-state index is 12.6. The first kappa shape index (κ1) is 24.2. The zero-order chi connectivity index (χ0) is 24.4. The second-order valence-corrected chi connectivity index (χ2v) is 9.36. The number of hydrogen-bond acceptors (Lipinski definition) is 4. The fourth-order valence-electron chi connectivity index (χ4n) is 3.49. The van der Waals surface area contributed by atoms with Gasteiger partial charge in [-0.2, -0.15) is 0 Å². The van der Waals surface area contributed by atoms with Gasteiger partial charge in [0.25, 0.3) is 5.91 Å². The van der Waals surface area contributed by atoms with Crippen molar-refractivity contribution in [2.75, 3.05) is 5.32 Å². The van der Waals surface area contributed by atoms with Crippen LogP contribution in [0.15, 0.2) is 59.0 Å².